The Labute approximate surface area is 552 Å². The molecule has 5 atom stereocenters. The number of hydrogen-bond acceptors (Lipinski definition) is 15. The van der Waals surface area contributed by atoms with Crippen LogP contribution < -0.4 is 20.1 Å². The molecule has 2 aliphatic rings. The van der Waals surface area contributed by atoms with Crippen LogP contribution in [0, 0.1) is 88.9 Å². The molecule has 0 amide bonds. The quantitative estimate of drug-likeness (QED) is 0.0280. The van der Waals surface area contributed by atoms with Crippen molar-refractivity contribution in [2.24, 2.45) is 41.4 Å². The normalized spacial score (nSPS) is 19.2. The minimum absolute atomic E-state index is 0.152. The van der Waals surface area contributed by atoms with Crippen LogP contribution in [-0.2, 0) is 30.5 Å². The number of fused-ring (bicyclic) bond motifs is 3. The number of furan rings is 1. The number of aryl methyl sites for hydroxylation is 4. The fourth-order valence-electron chi connectivity index (χ4n) is 13.2. The van der Waals surface area contributed by atoms with Crippen molar-refractivity contribution >= 4 is 91.8 Å². The van der Waals surface area contributed by atoms with Crippen LogP contribution in [0.2, 0.25) is 0 Å². The third-order valence-electron chi connectivity index (χ3n) is 17.5. The summed E-state index contributed by atoms with van der Waals surface area (Å²) in [6, 6.07) is 20.8. The van der Waals surface area contributed by atoms with Crippen LogP contribution >= 0.6 is 0 Å². The predicted octanol–water partition coefficient (Wildman–Crippen LogP) is 15.2. The van der Waals surface area contributed by atoms with Gasteiger partial charge in [0.1, 0.15) is 46.2 Å². The van der Waals surface area contributed by atoms with E-state index in [1.54, 1.807) is 42.4 Å². The van der Waals surface area contributed by atoms with E-state index >= 15 is 0 Å². The van der Waals surface area contributed by atoms with Crippen molar-refractivity contribution < 1.29 is 65.8 Å². The average molecular weight is 1310 g/mol. The molecule has 5 heterocycles. The van der Waals surface area contributed by atoms with E-state index in [9.17, 15) is 29.4 Å². The molecule has 4 aromatic carbocycles. The molecule has 5 unspecified atom stereocenters. The molecule has 11 rings (SSSR count). The van der Waals surface area contributed by atoms with Crippen molar-refractivity contribution in [3.8, 4) is 34.3 Å². The van der Waals surface area contributed by atoms with Gasteiger partial charge in [-0.25, -0.2) is 34.0 Å². The Morgan fingerprint density at radius 2 is 1.14 bits per heavy atom. The van der Waals surface area contributed by atoms with E-state index in [2.05, 4.69) is 78.7 Å². The van der Waals surface area contributed by atoms with Crippen LogP contribution in [-0.4, -0.2) is 97.6 Å². The van der Waals surface area contributed by atoms with Crippen molar-refractivity contribution in [3.63, 3.8) is 0 Å². The van der Waals surface area contributed by atoms with Crippen LogP contribution in [0.5, 0.6) is 11.5 Å². The average Bonchev–Trinajstić information content (AvgIpc) is 1.64. The molecule has 0 radical (unpaired) electrons. The maximum atomic E-state index is 13.5. The Balaban J connectivity index is 0.000000228. The fourth-order valence-corrected chi connectivity index (χ4v) is 13.2. The molecule has 496 valence electrons. The molecule has 0 aliphatic heterocycles. The van der Waals surface area contributed by atoms with Crippen LogP contribution in [0.4, 0.5) is 34.1 Å². The summed E-state index contributed by atoms with van der Waals surface area (Å²) in [6.07, 6.45) is 7.04. The summed E-state index contributed by atoms with van der Waals surface area (Å²) in [4.78, 5) is 66.8. The van der Waals surface area contributed by atoms with Crippen molar-refractivity contribution in [1.29, 1.82) is 0 Å². The predicted molar refractivity (Wildman–Crippen MR) is 356 cm³/mol. The first kappa shape index (κ1) is 70.4. The molecule has 0 spiro atoms. The molecule has 2 aliphatic carbocycles. The van der Waals surface area contributed by atoms with E-state index < -0.39 is 41.4 Å². The van der Waals surface area contributed by atoms with Crippen LogP contribution in [0.25, 0.3) is 54.7 Å². The van der Waals surface area contributed by atoms with Gasteiger partial charge < -0.3 is 44.2 Å². The van der Waals surface area contributed by atoms with Gasteiger partial charge >= 0.3 is 46.8 Å². The summed E-state index contributed by atoms with van der Waals surface area (Å²) in [5.41, 5.74) is 9.04. The second-order valence-electron chi connectivity index (χ2n) is 25.0. The SMILES string of the molecule is O=S=O.[C-]#[N+]c1cn2[nH]c(-c3ccc(C)c(Nc4cc(C)cc5c(C(=O)O)c(C)oc45)c3)nc2c1C(=O)OC1C(C)CC(C)CC1C.[C-]#[N+]c1cn2[nH]c(-c3ccc(OC)c(Nc4cc(C)ccc4OCCC(C)C(=O)O)c3)nc2c1C(=O)OC1C(C)CC(C)CC1C.[C-]#[O+]. The molecule has 2 saturated carbocycles. The summed E-state index contributed by atoms with van der Waals surface area (Å²) < 4.78 is 56.9. The Kier molecular flexibility index (Phi) is 22.6. The van der Waals surface area contributed by atoms with Crippen molar-refractivity contribution in [2.75, 3.05) is 24.4 Å². The number of methoxy groups -OCH3 is 1. The monoisotopic (exact) mass is 1310 g/mol. The molecule has 24 nitrogen and oxygen atoms in total. The first-order chi connectivity index (χ1) is 45.3. The van der Waals surface area contributed by atoms with E-state index in [-0.39, 0.29) is 70.6 Å². The molecule has 6 N–H and O–H groups in total. The number of hydrogen-bond donors (Lipinski definition) is 6. The number of esters is 2. The Morgan fingerprint density at radius 3 is 1.62 bits per heavy atom. The zero-order chi connectivity index (χ0) is 69.3. The first-order valence-electron chi connectivity index (χ1n) is 30.9. The molecular formula is C70H76N10O14S. The number of carboxylic acid groups (broad SMARTS) is 2. The molecule has 5 aromatic heterocycles. The number of carbonyl (C=O) groups excluding carboxylic acids is 2. The topological polar surface area (TPSA) is 312 Å². The fraction of sp³-hybridized carbons (Fsp3) is 0.386. The third-order valence-corrected chi connectivity index (χ3v) is 17.5. The van der Waals surface area contributed by atoms with E-state index in [0.29, 0.717) is 92.1 Å². The maximum absolute atomic E-state index is 13.5. The molecule has 9 aromatic rings. The summed E-state index contributed by atoms with van der Waals surface area (Å²) in [6.45, 7) is 42.2. The van der Waals surface area contributed by atoms with E-state index in [0.717, 1.165) is 53.6 Å². The molecule has 2 fully saturated rings. The van der Waals surface area contributed by atoms with Crippen molar-refractivity contribution in [1.82, 2.24) is 29.2 Å². The number of anilines is 4. The number of aromatic amines is 2. The molecule has 25 heteroatoms. The number of nitrogens with zero attached hydrogens (tertiary/aromatic N) is 6. The number of nitrogens with one attached hydrogen (secondary N) is 4. The van der Waals surface area contributed by atoms with Gasteiger partial charge in [-0.15, -0.1) is 0 Å². The number of aromatic nitrogens is 6. The van der Waals surface area contributed by atoms with Gasteiger partial charge in [0.2, 0.25) is 11.4 Å². The zero-order valence-corrected chi connectivity index (χ0v) is 55.6. The number of carboxylic acids is 2. The molecular weight excluding hydrogens is 1240 g/mol. The zero-order valence-electron chi connectivity index (χ0n) is 54.8. The van der Waals surface area contributed by atoms with E-state index in [1.807, 2.05) is 87.5 Å². The van der Waals surface area contributed by atoms with Crippen molar-refractivity contribution in [3.05, 3.63) is 148 Å². The summed E-state index contributed by atoms with van der Waals surface area (Å²) in [5.74, 6) is 1.10. The van der Waals surface area contributed by atoms with Crippen LogP contribution in [0.3, 0.4) is 0 Å². The number of aliphatic carboxylic acids is 1. The Hall–Kier alpha value is -10.5. The summed E-state index contributed by atoms with van der Waals surface area (Å²) in [7, 11) is 1.58. The van der Waals surface area contributed by atoms with Gasteiger partial charge in [0.15, 0.2) is 28.5 Å². The molecule has 0 saturated heterocycles. The minimum atomic E-state index is -1.04. The Morgan fingerprint density at radius 1 is 0.674 bits per heavy atom. The number of benzene rings is 4. The summed E-state index contributed by atoms with van der Waals surface area (Å²) >= 11 is -0.750. The third kappa shape index (κ3) is 15.6. The summed E-state index contributed by atoms with van der Waals surface area (Å²) in [5, 5.41) is 32.7. The van der Waals surface area contributed by atoms with Crippen LogP contribution in [0.1, 0.15) is 134 Å². The second kappa shape index (κ2) is 30.5. The van der Waals surface area contributed by atoms with Gasteiger partial charge in [-0.05, 0) is 161 Å². The van der Waals surface area contributed by atoms with Gasteiger partial charge in [-0.2, -0.15) is 8.42 Å². The second-order valence-corrected chi connectivity index (χ2v) is 25.1. The van der Waals surface area contributed by atoms with Gasteiger partial charge in [0.05, 0.1) is 49.8 Å². The van der Waals surface area contributed by atoms with Crippen LogP contribution in [0.15, 0.2) is 83.5 Å². The van der Waals surface area contributed by atoms with E-state index in [1.165, 1.54) is 0 Å². The number of rotatable bonds is 17. The van der Waals surface area contributed by atoms with Gasteiger partial charge in [-0.1, -0.05) is 66.7 Å². The van der Waals surface area contributed by atoms with Gasteiger partial charge in [-0.3, -0.25) is 24.0 Å². The van der Waals surface area contributed by atoms with Gasteiger partial charge in [0.25, 0.3) is 0 Å². The number of aromatic carboxylic acids is 1. The Bertz CT molecular complexity index is 4470. The number of H-pyrrole nitrogens is 2. The molecule has 95 heavy (non-hydrogen) atoms. The van der Waals surface area contributed by atoms with Gasteiger partial charge in [0, 0.05) is 34.6 Å². The number of carbonyl (C=O) groups is 4. The van der Waals surface area contributed by atoms with E-state index in [4.69, 9.17) is 59.5 Å². The first-order valence-corrected chi connectivity index (χ1v) is 31.6. The number of ether oxygens (including phenoxy) is 4. The standard InChI is InChI=1S/C35H41N5O6.C34H35N5O5.CO.O2S/c1-19-8-10-29(45-13-12-21(3)34(41)42)25(16-19)37-26-17-24(9-11-28(26)44-7)32-38-33-30(27(36-6)18-40(33)39-32)35(43)46-31-22(4)14-20(2)15-23(31)5;1-16-10-19(4)29(20(5)11-16)44-34(42)28-26(35-7)15-39-32(28)37-31(38-39)22-9-8-18(3)24(14-22)36-25-13-17(2)12-23-27(33(40)41)21(6)43-30(23)25;1-2;1-3-2/h8-11,16-18,20-23,31,37H,12-15H2,1-5,7H3,(H,38,39)(H,41,42);8-9,12-16,19-20,29,36H,10-11H2,1-6H3,(H,37,38)(H,40,41);;. The van der Waals surface area contributed by atoms with Crippen molar-refractivity contribution in [2.45, 2.75) is 120 Å². The molecule has 0 bridgehead atoms.